The average molecular weight is 215 g/mol. The Bertz CT molecular complexity index is 205. The number of hydrogen-bond donors (Lipinski definition) is 3. The van der Waals surface area contributed by atoms with Crippen LogP contribution in [0.25, 0.3) is 0 Å². The van der Waals surface area contributed by atoms with E-state index in [2.05, 4.69) is 16.0 Å². The lowest BCUT2D eigenvalue weighted by atomic mass is 10.2. The van der Waals surface area contributed by atoms with Crippen LogP contribution in [0, 0.1) is 5.92 Å². The third-order valence-corrected chi connectivity index (χ3v) is 1.72. The maximum atomic E-state index is 11.2. The molecule has 0 unspecified atom stereocenters. The van der Waals surface area contributed by atoms with Crippen LogP contribution in [0.1, 0.15) is 20.3 Å². The second-order valence-corrected chi connectivity index (χ2v) is 3.83. The van der Waals surface area contributed by atoms with Crippen molar-refractivity contribution in [2.45, 2.75) is 20.3 Å². The summed E-state index contributed by atoms with van der Waals surface area (Å²) in [4.78, 5) is 22.2. The van der Waals surface area contributed by atoms with E-state index in [1.54, 1.807) is 7.05 Å². The van der Waals surface area contributed by atoms with Crippen molar-refractivity contribution in [3.8, 4) is 0 Å². The minimum Gasteiger partial charge on any atom is -0.356 e. The molecule has 0 radical (unpaired) electrons. The van der Waals surface area contributed by atoms with Gasteiger partial charge in [0, 0.05) is 19.5 Å². The minimum absolute atomic E-state index is 0.0199. The summed E-state index contributed by atoms with van der Waals surface area (Å²) in [6.45, 7) is 5.44. The standard InChI is InChI=1S/C10H21N3O2/c1-8(2)6-13-9(14)4-5-12-10(15)7-11-3/h8,11H,4-7H2,1-3H3,(H,12,15)(H,13,14). The van der Waals surface area contributed by atoms with Gasteiger partial charge in [0.15, 0.2) is 0 Å². The van der Waals surface area contributed by atoms with Crippen molar-refractivity contribution in [1.82, 2.24) is 16.0 Å². The van der Waals surface area contributed by atoms with E-state index in [9.17, 15) is 9.59 Å². The van der Waals surface area contributed by atoms with Gasteiger partial charge in [-0.2, -0.15) is 0 Å². The van der Waals surface area contributed by atoms with E-state index in [4.69, 9.17) is 0 Å². The second-order valence-electron chi connectivity index (χ2n) is 3.83. The molecule has 0 aromatic rings. The van der Waals surface area contributed by atoms with Crippen LogP contribution < -0.4 is 16.0 Å². The van der Waals surface area contributed by atoms with Crippen molar-refractivity contribution in [2.24, 2.45) is 5.92 Å². The van der Waals surface area contributed by atoms with E-state index in [0.717, 1.165) is 0 Å². The molecule has 0 rings (SSSR count). The summed E-state index contributed by atoms with van der Waals surface area (Å²) in [6, 6.07) is 0. The van der Waals surface area contributed by atoms with Gasteiger partial charge in [-0.25, -0.2) is 0 Å². The van der Waals surface area contributed by atoms with Gasteiger partial charge in [0.25, 0.3) is 0 Å². The SMILES string of the molecule is CNCC(=O)NCCC(=O)NCC(C)C. The Hall–Kier alpha value is -1.10. The third kappa shape index (κ3) is 9.21. The van der Waals surface area contributed by atoms with E-state index < -0.39 is 0 Å². The number of nitrogens with one attached hydrogen (secondary N) is 3. The highest BCUT2D eigenvalue weighted by Gasteiger charge is 2.03. The third-order valence-electron chi connectivity index (χ3n) is 1.72. The van der Waals surface area contributed by atoms with Crippen LogP contribution in [0.4, 0.5) is 0 Å². The Balaban J connectivity index is 3.42. The Morgan fingerprint density at radius 1 is 1.13 bits per heavy atom. The molecule has 0 atom stereocenters. The fourth-order valence-electron chi connectivity index (χ4n) is 0.945. The zero-order chi connectivity index (χ0) is 11.7. The van der Waals surface area contributed by atoms with Gasteiger partial charge in [0.1, 0.15) is 0 Å². The lowest BCUT2D eigenvalue weighted by Gasteiger charge is -2.08. The van der Waals surface area contributed by atoms with E-state index in [1.807, 2.05) is 13.8 Å². The molecule has 0 saturated heterocycles. The number of hydrogen-bond acceptors (Lipinski definition) is 3. The normalized spacial score (nSPS) is 10.1. The molecule has 0 aromatic carbocycles. The van der Waals surface area contributed by atoms with Gasteiger partial charge < -0.3 is 16.0 Å². The molecular weight excluding hydrogens is 194 g/mol. The van der Waals surface area contributed by atoms with E-state index in [-0.39, 0.29) is 18.4 Å². The molecule has 0 aliphatic heterocycles. The van der Waals surface area contributed by atoms with Gasteiger partial charge in [-0.3, -0.25) is 9.59 Å². The molecule has 2 amide bonds. The highest BCUT2D eigenvalue weighted by molar-refractivity contribution is 5.80. The van der Waals surface area contributed by atoms with Gasteiger partial charge >= 0.3 is 0 Å². The minimum atomic E-state index is -0.0887. The van der Waals surface area contributed by atoms with Crippen molar-refractivity contribution in [3.05, 3.63) is 0 Å². The topological polar surface area (TPSA) is 70.2 Å². The van der Waals surface area contributed by atoms with Gasteiger partial charge in [-0.15, -0.1) is 0 Å². The van der Waals surface area contributed by atoms with Crippen LogP contribution in [0.5, 0.6) is 0 Å². The second kappa shape index (κ2) is 8.23. The molecule has 0 aromatic heterocycles. The van der Waals surface area contributed by atoms with Crippen LogP contribution in [0.2, 0.25) is 0 Å². The first-order chi connectivity index (χ1) is 7.06. The van der Waals surface area contributed by atoms with Crippen LogP contribution in [-0.4, -0.2) is 38.5 Å². The predicted molar refractivity (Wildman–Crippen MR) is 59.4 cm³/mol. The lowest BCUT2D eigenvalue weighted by molar-refractivity contribution is -0.122. The summed E-state index contributed by atoms with van der Waals surface area (Å²) in [5, 5.41) is 8.15. The molecule has 5 nitrogen and oxygen atoms in total. The Labute approximate surface area is 91.0 Å². The van der Waals surface area contributed by atoms with Crippen molar-refractivity contribution in [2.75, 3.05) is 26.7 Å². The van der Waals surface area contributed by atoms with Gasteiger partial charge in [0.2, 0.25) is 11.8 Å². The van der Waals surface area contributed by atoms with Crippen LogP contribution in [0.3, 0.4) is 0 Å². The highest BCUT2D eigenvalue weighted by Crippen LogP contribution is 1.87. The van der Waals surface area contributed by atoms with Crippen molar-refractivity contribution < 1.29 is 9.59 Å². The molecule has 0 saturated carbocycles. The molecule has 0 heterocycles. The number of carbonyl (C=O) groups is 2. The summed E-state index contributed by atoms with van der Waals surface area (Å²) < 4.78 is 0. The van der Waals surface area contributed by atoms with Crippen LogP contribution in [-0.2, 0) is 9.59 Å². The number of likely N-dealkylation sites (N-methyl/N-ethyl adjacent to an activating group) is 1. The summed E-state index contributed by atoms with van der Waals surface area (Å²) in [7, 11) is 1.70. The van der Waals surface area contributed by atoms with Crippen LogP contribution in [0.15, 0.2) is 0 Å². The maximum absolute atomic E-state index is 11.2. The molecule has 0 fully saturated rings. The molecule has 5 heteroatoms. The van der Waals surface area contributed by atoms with Crippen molar-refractivity contribution in [3.63, 3.8) is 0 Å². The number of amides is 2. The Morgan fingerprint density at radius 3 is 2.33 bits per heavy atom. The monoisotopic (exact) mass is 215 g/mol. The van der Waals surface area contributed by atoms with Gasteiger partial charge in [-0.05, 0) is 13.0 Å². The molecule has 3 N–H and O–H groups in total. The fourth-order valence-corrected chi connectivity index (χ4v) is 0.945. The van der Waals surface area contributed by atoms with Gasteiger partial charge in [0.05, 0.1) is 6.54 Å². The lowest BCUT2D eigenvalue weighted by Crippen LogP contribution is -2.35. The summed E-state index contributed by atoms with van der Waals surface area (Å²) in [5.41, 5.74) is 0. The molecule has 0 bridgehead atoms. The van der Waals surface area contributed by atoms with Crippen molar-refractivity contribution in [1.29, 1.82) is 0 Å². The van der Waals surface area contributed by atoms with Gasteiger partial charge in [-0.1, -0.05) is 13.8 Å². The largest absolute Gasteiger partial charge is 0.356 e. The first-order valence-corrected chi connectivity index (χ1v) is 5.24. The van der Waals surface area contributed by atoms with E-state index in [1.165, 1.54) is 0 Å². The Morgan fingerprint density at radius 2 is 1.80 bits per heavy atom. The quantitative estimate of drug-likeness (QED) is 0.535. The molecule has 0 aliphatic rings. The highest BCUT2D eigenvalue weighted by atomic mass is 16.2. The Kier molecular flexibility index (Phi) is 7.62. The molecule has 0 spiro atoms. The molecule has 15 heavy (non-hydrogen) atoms. The zero-order valence-electron chi connectivity index (χ0n) is 9.72. The molecule has 0 aliphatic carbocycles. The number of carbonyl (C=O) groups excluding carboxylic acids is 2. The zero-order valence-corrected chi connectivity index (χ0v) is 9.72. The van der Waals surface area contributed by atoms with Crippen molar-refractivity contribution >= 4 is 11.8 Å². The molecular formula is C10H21N3O2. The summed E-state index contributed by atoms with van der Waals surface area (Å²) in [6.07, 6.45) is 0.335. The smallest absolute Gasteiger partial charge is 0.233 e. The van der Waals surface area contributed by atoms with Crippen LogP contribution >= 0.6 is 0 Å². The fraction of sp³-hybridized carbons (Fsp3) is 0.800. The first-order valence-electron chi connectivity index (χ1n) is 5.24. The average Bonchev–Trinajstić information content (AvgIpc) is 2.15. The maximum Gasteiger partial charge on any atom is 0.233 e. The van der Waals surface area contributed by atoms with E-state index in [0.29, 0.717) is 25.4 Å². The first kappa shape index (κ1) is 13.9. The number of rotatable bonds is 7. The predicted octanol–water partition coefficient (Wildman–Crippen LogP) is -0.516. The van der Waals surface area contributed by atoms with E-state index >= 15 is 0 Å². The molecule has 88 valence electrons. The summed E-state index contributed by atoms with van der Waals surface area (Å²) >= 11 is 0. The summed E-state index contributed by atoms with van der Waals surface area (Å²) in [5.74, 6) is 0.343.